The number of anilines is 1. The third-order valence-electron chi connectivity index (χ3n) is 3.64. The minimum absolute atomic E-state index is 0.0845. The van der Waals surface area contributed by atoms with E-state index in [1.807, 2.05) is 0 Å². The van der Waals surface area contributed by atoms with Crippen molar-refractivity contribution in [3.05, 3.63) is 57.4 Å². The van der Waals surface area contributed by atoms with Crippen LogP contribution in [0.4, 0.5) is 28.9 Å². The first-order chi connectivity index (χ1) is 11.2. The van der Waals surface area contributed by atoms with Crippen LogP contribution in [0.25, 0.3) is 11.1 Å². The molecule has 124 valence electrons. The van der Waals surface area contributed by atoms with E-state index in [1.165, 1.54) is 24.3 Å². The Bertz CT molecular complexity index is 878. The summed E-state index contributed by atoms with van der Waals surface area (Å²) in [6.07, 6.45) is -4.90. The number of alkyl halides is 3. The molecule has 0 spiro atoms. The van der Waals surface area contributed by atoms with Crippen LogP contribution in [0.5, 0.6) is 0 Å². The van der Waals surface area contributed by atoms with Gasteiger partial charge in [-0.2, -0.15) is 13.2 Å². The first kappa shape index (κ1) is 15.9. The van der Waals surface area contributed by atoms with Crippen molar-refractivity contribution in [3.8, 4) is 11.1 Å². The van der Waals surface area contributed by atoms with Gasteiger partial charge in [0.1, 0.15) is 5.82 Å². The van der Waals surface area contributed by atoms with E-state index in [0.29, 0.717) is 16.7 Å². The molecule has 0 radical (unpaired) electrons. The number of hydrogen-bond acceptors (Lipinski definition) is 3. The fraction of sp³-hybridized carbons (Fsp3) is 0.133. The lowest BCUT2D eigenvalue weighted by molar-refractivity contribution is -0.385. The van der Waals surface area contributed by atoms with Gasteiger partial charge in [-0.05, 0) is 35.2 Å². The number of benzene rings is 2. The summed E-state index contributed by atoms with van der Waals surface area (Å²) in [5.74, 6) is -2.88. The largest absolute Gasteiger partial charge is 0.471 e. The van der Waals surface area contributed by atoms with Crippen molar-refractivity contribution in [2.75, 3.05) is 5.32 Å². The molecule has 1 aliphatic carbocycles. The van der Waals surface area contributed by atoms with E-state index in [0.717, 1.165) is 6.07 Å². The summed E-state index contributed by atoms with van der Waals surface area (Å²) < 4.78 is 50.9. The number of carbonyl (C=O) groups is 1. The average molecular weight is 340 g/mol. The molecule has 0 saturated heterocycles. The Morgan fingerprint density at radius 2 is 1.88 bits per heavy atom. The number of non-ortho nitro benzene ring substituents is 1. The van der Waals surface area contributed by atoms with Gasteiger partial charge in [0.05, 0.1) is 11.0 Å². The van der Waals surface area contributed by atoms with Crippen molar-refractivity contribution < 1.29 is 27.3 Å². The summed E-state index contributed by atoms with van der Waals surface area (Å²) in [5, 5.41) is 12.5. The summed E-state index contributed by atoms with van der Waals surface area (Å²) in [6, 6.07) is 5.92. The monoisotopic (exact) mass is 340 g/mol. The van der Waals surface area contributed by atoms with Gasteiger partial charge in [-0.25, -0.2) is 4.39 Å². The molecular formula is C15H8F4N2O3. The second kappa shape index (κ2) is 5.29. The van der Waals surface area contributed by atoms with Crippen molar-refractivity contribution in [3.63, 3.8) is 0 Å². The molecule has 0 heterocycles. The maximum Gasteiger partial charge on any atom is 0.471 e. The van der Waals surface area contributed by atoms with Crippen molar-refractivity contribution in [2.24, 2.45) is 0 Å². The Kier molecular flexibility index (Phi) is 3.51. The van der Waals surface area contributed by atoms with E-state index < -0.39 is 28.5 Å². The van der Waals surface area contributed by atoms with E-state index in [1.54, 1.807) is 5.32 Å². The number of hydrogen-bond donors (Lipinski definition) is 1. The highest BCUT2D eigenvalue weighted by Crippen LogP contribution is 2.41. The van der Waals surface area contributed by atoms with Gasteiger partial charge in [-0.1, -0.05) is 6.07 Å². The van der Waals surface area contributed by atoms with Gasteiger partial charge in [0, 0.05) is 17.3 Å². The van der Waals surface area contributed by atoms with Crippen LogP contribution >= 0.6 is 0 Å². The van der Waals surface area contributed by atoms with Gasteiger partial charge in [0.25, 0.3) is 5.69 Å². The molecule has 0 saturated carbocycles. The minimum atomic E-state index is -5.02. The van der Waals surface area contributed by atoms with Gasteiger partial charge in [-0.15, -0.1) is 0 Å². The molecule has 2 aromatic carbocycles. The van der Waals surface area contributed by atoms with Gasteiger partial charge >= 0.3 is 12.1 Å². The molecule has 9 heteroatoms. The van der Waals surface area contributed by atoms with E-state index in [4.69, 9.17) is 0 Å². The first-order valence-electron chi connectivity index (χ1n) is 6.65. The van der Waals surface area contributed by atoms with Crippen LogP contribution in [0, 0.1) is 15.9 Å². The lowest BCUT2D eigenvalue weighted by Gasteiger charge is -2.09. The second-order valence-electron chi connectivity index (χ2n) is 5.22. The molecule has 0 fully saturated rings. The molecule has 0 aliphatic heterocycles. The Balaban J connectivity index is 1.96. The number of nitrogens with zero attached hydrogens (tertiary/aromatic N) is 1. The molecule has 0 bridgehead atoms. The SMILES string of the molecule is O=C(Nc1ccc2c(c1)Cc1cc([N+](=O)[O-])cc(F)c1-2)C(F)(F)F. The van der Waals surface area contributed by atoms with Gasteiger partial charge in [0.2, 0.25) is 0 Å². The highest BCUT2D eigenvalue weighted by Gasteiger charge is 2.38. The highest BCUT2D eigenvalue weighted by molar-refractivity contribution is 5.95. The Labute approximate surface area is 132 Å². The Hall–Kier alpha value is -2.97. The van der Waals surface area contributed by atoms with Crippen LogP contribution in [-0.2, 0) is 11.2 Å². The summed E-state index contributed by atoms with van der Waals surface area (Å²) in [4.78, 5) is 21.0. The van der Waals surface area contributed by atoms with Crippen molar-refractivity contribution >= 4 is 17.3 Å². The maximum atomic E-state index is 14.1. The number of nitro groups is 1. The number of fused-ring (bicyclic) bond motifs is 3. The van der Waals surface area contributed by atoms with Crippen LogP contribution in [-0.4, -0.2) is 17.0 Å². The molecule has 0 aromatic heterocycles. The Morgan fingerprint density at radius 1 is 1.17 bits per heavy atom. The molecule has 0 unspecified atom stereocenters. The predicted octanol–water partition coefficient (Wildman–Crippen LogP) is 3.81. The van der Waals surface area contributed by atoms with E-state index in [2.05, 4.69) is 0 Å². The van der Waals surface area contributed by atoms with Crippen molar-refractivity contribution in [2.45, 2.75) is 12.6 Å². The number of rotatable bonds is 2. The van der Waals surface area contributed by atoms with Crippen molar-refractivity contribution in [1.82, 2.24) is 0 Å². The molecule has 0 atom stereocenters. The van der Waals surface area contributed by atoms with E-state index in [9.17, 15) is 32.5 Å². The van der Waals surface area contributed by atoms with E-state index >= 15 is 0 Å². The molecule has 1 N–H and O–H groups in total. The second-order valence-corrected chi connectivity index (χ2v) is 5.22. The lowest BCUT2D eigenvalue weighted by atomic mass is 10.0. The molecule has 5 nitrogen and oxygen atoms in total. The summed E-state index contributed by atoms with van der Waals surface area (Å²) in [7, 11) is 0. The third kappa shape index (κ3) is 2.68. The third-order valence-corrected chi connectivity index (χ3v) is 3.64. The molecule has 1 aliphatic rings. The number of carbonyl (C=O) groups excluding carboxylic acids is 1. The zero-order valence-corrected chi connectivity index (χ0v) is 11.8. The zero-order chi connectivity index (χ0) is 17.6. The molecule has 1 amide bonds. The van der Waals surface area contributed by atoms with Crippen LogP contribution < -0.4 is 5.32 Å². The topological polar surface area (TPSA) is 72.2 Å². The summed E-state index contributed by atoms with van der Waals surface area (Å²) >= 11 is 0. The van der Waals surface area contributed by atoms with Gasteiger partial charge in [0.15, 0.2) is 0 Å². The maximum absolute atomic E-state index is 14.1. The number of nitro benzene ring substituents is 1. The van der Waals surface area contributed by atoms with E-state index in [-0.39, 0.29) is 17.7 Å². The molecule has 24 heavy (non-hydrogen) atoms. The highest BCUT2D eigenvalue weighted by atomic mass is 19.4. The van der Waals surface area contributed by atoms with Gasteiger partial charge < -0.3 is 5.32 Å². The Morgan fingerprint density at radius 3 is 2.50 bits per heavy atom. The first-order valence-corrected chi connectivity index (χ1v) is 6.65. The quantitative estimate of drug-likeness (QED) is 0.438. The number of nitrogens with one attached hydrogen (secondary N) is 1. The fourth-order valence-corrected chi connectivity index (χ4v) is 2.66. The minimum Gasteiger partial charge on any atom is -0.318 e. The molecular weight excluding hydrogens is 332 g/mol. The molecule has 2 aromatic rings. The van der Waals surface area contributed by atoms with Crippen LogP contribution in [0.15, 0.2) is 30.3 Å². The predicted molar refractivity (Wildman–Crippen MR) is 76.0 cm³/mol. The molecule has 3 rings (SSSR count). The zero-order valence-electron chi connectivity index (χ0n) is 11.8. The summed E-state index contributed by atoms with van der Waals surface area (Å²) in [6.45, 7) is 0. The van der Waals surface area contributed by atoms with Crippen LogP contribution in [0.2, 0.25) is 0 Å². The van der Waals surface area contributed by atoms with Crippen LogP contribution in [0.1, 0.15) is 11.1 Å². The fourth-order valence-electron chi connectivity index (χ4n) is 2.66. The standard InChI is InChI=1S/C15H8F4N2O3/c16-12-6-10(21(23)24)5-8-3-7-4-9(1-2-11(7)13(8)12)20-14(22)15(17,18)19/h1-2,4-6H,3H2,(H,20,22). The van der Waals surface area contributed by atoms with Crippen LogP contribution in [0.3, 0.4) is 0 Å². The number of halogens is 4. The van der Waals surface area contributed by atoms with Gasteiger partial charge in [-0.3, -0.25) is 14.9 Å². The lowest BCUT2D eigenvalue weighted by Crippen LogP contribution is -2.29. The number of amides is 1. The smallest absolute Gasteiger partial charge is 0.318 e. The van der Waals surface area contributed by atoms with Crippen molar-refractivity contribution in [1.29, 1.82) is 0 Å². The average Bonchev–Trinajstić information content (AvgIpc) is 2.83. The summed E-state index contributed by atoms with van der Waals surface area (Å²) in [5.41, 5.74) is 0.982. The normalized spacial score (nSPS) is 12.5.